The first kappa shape index (κ1) is 26.8. The molecular weight excluding hydrogens is 678 g/mol. The van der Waals surface area contributed by atoms with Gasteiger partial charge in [-0.15, -0.1) is 22.8 Å². The van der Waals surface area contributed by atoms with E-state index < -0.39 is 7.81 Å². The van der Waals surface area contributed by atoms with Crippen LogP contribution in [-0.2, 0) is 22.4 Å². The van der Waals surface area contributed by atoms with Crippen LogP contribution >= 0.6 is 7.81 Å². The number of aromatic nitrogens is 4. The summed E-state index contributed by atoms with van der Waals surface area (Å²) < 4.78 is 59.2. The minimum atomic E-state index is -10.7. The molecule has 6 nitrogen and oxygen atoms in total. The van der Waals surface area contributed by atoms with Crippen LogP contribution in [0.3, 0.4) is 0 Å². The van der Waals surface area contributed by atoms with E-state index in [4.69, 9.17) is 9.97 Å². The average molecular weight is 694 g/mol. The van der Waals surface area contributed by atoms with Gasteiger partial charge in [-0.05, 0) is 18.6 Å². The van der Waals surface area contributed by atoms with Crippen molar-refractivity contribution in [2.45, 2.75) is 6.42 Å². The van der Waals surface area contributed by atoms with E-state index >= 15 is 0 Å². The molecule has 1 aliphatic rings. The predicted octanol–water partition coefficient (Wildman–Crippen LogP) is 6.50. The van der Waals surface area contributed by atoms with E-state index in [0.717, 1.165) is 64.7 Å². The van der Waals surface area contributed by atoms with Crippen LogP contribution in [0.2, 0.25) is 0 Å². The molecule has 188 valence electrons. The zero-order chi connectivity index (χ0) is 24.5. The number of fused-ring (bicyclic) bond motifs is 8. The van der Waals surface area contributed by atoms with Crippen molar-refractivity contribution in [1.29, 1.82) is 0 Å². The van der Waals surface area contributed by atoms with Gasteiger partial charge in [0.05, 0.1) is 22.4 Å². The van der Waals surface area contributed by atoms with Gasteiger partial charge >= 0.3 is 55.4 Å². The SMILES string of the molecule is C1=NCCCN=Cc2ccc([n-]2)-c2nc3ccccc3nc2-c2ccc1[n-]2.F[P-](F)(F)(F)(F)F.[Au+3]. The number of aliphatic imine (C=N–C) groups is 2. The second-order valence-corrected chi connectivity index (χ2v) is 9.22. The zero-order valence-electron chi connectivity index (χ0n) is 17.6. The summed E-state index contributed by atoms with van der Waals surface area (Å²) in [5.74, 6) is 0. The topological polar surface area (TPSA) is 78.7 Å². The Morgan fingerprint density at radius 3 is 1.43 bits per heavy atom. The van der Waals surface area contributed by atoms with Crippen LogP contribution in [0.1, 0.15) is 17.8 Å². The molecule has 35 heavy (non-hydrogen) atoms. The molecule has 14 heteroatoms. The molecule has 0 saturated heterocycles. The number of hydrogen-bond donors (Lipinski definition) is 0. The summed E-state index contributed by atoms with van der Waals surface area (Å²) in [7, 11) is -10.7. The average Bonchev–Trinajstić information content (AvgIpc) is 3.39. The molecule has 1 aromatic carbocycles. The predicted molar refractivity (Wildman–Crippen MR) is 120 cm³/mol. The molecule has 0 aliphatic carbocycles. The number of nitrogens with zero attached hydrogens (tertiary/aromatic N) is 6. The van der Waals surface area contributed by atoms with Gasteiger partial charge in [-0.25, -0.2) is 9.97 Å². The van der Waals surface area contributed by atoms with Crippen LogP contribution in [0.5, 0.6) is 0 Å². The van der Waals surface area contributed by atoms with Crippen molar-refractivity contribution in [1.82, 2.24) is 19.9 Å². The van der Waals surface area contributed by atoms with Crippen LogP contribution in [0.15, 0.2) is 58.5 Å². The first-order valence-corrected chi connectivity index (χ1v) is 12.0. The second-order valence-electron chi connectivity index (χ2n) is 7.30. The van der Waals surface area contributed by atoms with Gasteiger partial charge < -0.3 is 9.97 Å². The molecule has 0 radical (unpaired) electrons. The smallest absolute Gasteiger partial charge is 3.00 e. The fourth-order valence-electron chi connectivity index (χ4n) is 3.09. The van der Waals surface area contributed by atoms with Crippen LogP contribution < -0.4 is 9.97 Å². The van der Waals surface area contributed by atoms with Crippen molar-refractivity contribution in [3.8, 4) is 22.8 Å². The monoisotopic (exact) mass is 694 g/mol. The molecular formula is C21H16AuF6N6P. The Hall–Kier alpha value is -2.79. The van der Waals surface area contributed by atoms with E-state index in [1.165, 1.54) is 0 Å². The van der Waals surface area contributed by atoms with E-state index in [2.05, 4.69) is 20.0 Å². The third-order valence-electron chi connectivity index (χ3n) is 4.40. The Bertz CT molecular complexity index is 1290. The maximum Gasteiger partial charge on any atom is 3.00 e. The Balaban J connectivity index is 0.000000378. The largest absolute Gasteiger partial charge is 3.00 e. The van der Waals surface area contributed by atoms with Gasteiger partial charge in [-0.2, -0.15) is 0 Å². The Morgan fingerprint density at radius 2 is 1.03 bits per heavy atom. The fourth-order valence-corrected chi connectivity index (χ4v) is 3.09. The Morgan fingerprint density at radius 1 is 0.629 bits per heavy atom. The van der Waals surface area contributed by atoms with E-state index in [9.17, 15) is 25.2 Å². The number of para-hydroxylation sites is 2. The third-order valence-corrected chi connectivity index (χ3v) is 4.40. The first-order chi connectivity index (χ1) is 15.8. The molecule has 1 aliphatic heterocycles. The normalized spacial score (nSPS) is 15.4. The minimum absolute atomic E-state index is 0. The molecule has 4 heterocycles. The van der Waals surface area contributed by atoms with Crippen LogP contribution in [0.25, 0.3) is 33.8 Å². The van der Waals surface area contributed by atoms with Crippen molar-refractivity contribution in [2.75, 3.05) is 13.1 Å². The summed E-state index contributed by atoms with van der Waals surface area (Å²) in [4.78, 5) is 27.9. The van der Waals surface area contributed by atoms with E-state index in [1.54, 1.807) is 12.4 Å². The molecule has 3 aromatic heterocycles. The minimum Gasteiger partial charge on any atom is 3.00 e. The van der Waals surface area contributed by atoms with E-state index in [-0.39, 0.29) is 22.4 Å². The molecule has 0 spiro atoms. The third kappa shape index (κ3) is 8.43. The number of hydrogen-bond acceptors (Lipinski definition) is 4. The standard InChI is InChI=1S/C21H16N6.Au.F6P/c1-2-5-17-16(4-1)26-20-18-8-6-14(24-18)12-22-10-3-11-23-13-15-7-9-19(25-15)21(20)27-17;;1-7(2,3,4,5)6/h1-2,4-9,12-13H,3,10-11H2;;/q-2;+3;-1. The first-order valence-electron chi connectivity index (χ1n) is 9.93. The summed E-state index contributed by atoms with van der Waals surface area (Å²) in [5, 5.41) is 0. The van der Waals surface area contributed by atoms with Crippen molar-refractivity contribution in [3.05, 3.63) is 59.9 Å². The van der Waals surface area contributed by atoms with Crippen molar-refractivity contribution < 1.29 is 47.6 Å². The fraction of sp³-hybridized carbons (Fsp3) is 0.143. The van der Waals surface area contributed by atoms with Gasteiger partial charge in [0.25, 0.3) is 0 Å². The molecule has 0 unspecified atom stereocenters. The summed E-state index contributed by atoms with van der Waals surface area (Å²) in [6.07, 6.45) is 4.50. The molecule has 0 amide bonds. The zero-order valence-corrected chi connectivity index (χ0v) is 20.7. The van der Waals surface area contributed by atoms with Gasteiger partial charge in [0.2, 0.25) is 0 Å². The molecule has 0 atom stereocenters. The van der Waals surface area contributed by atoms with Gasteiger partial charge in [0.1, 0.15) is 0 Å². The molecule has 4 aromatic rings. The molecule has 5 rings (SSSR count). The quantitative estimate of drug-likeness (QED) is 0.120. The number of rotatable bonds is 0. The van der Waals surface area contributed by atoms with E-state index in [0.29, 0.717) is 0 Å². The number of benzene rings is 1. The van der Waals surface area contributed by atoms with Gasteiger partial charge in [0, 0.05) is 25.5 Å². The summed E-state index contributed by atoms with van der Waals surface area (Å²) in [5.41, 5.74) is 6.31. The Labute approximate surface area is 210 Å². The van der Waals surface area contributed by atoms with Crippen molar-refractivity contribution in [2.24, 2.45) is 9.98 Å². The molecule has 0 saturated carbocycles. The molecule has 0 fully saturated rings. The van der Waals surface area contributed by atoms with Crippen molar-refractivity contribution >= 4 is 31.3 Å². The van der Waals surface area contributed by atoms with E-state index in [1.807, 2.05) is 48.5 Å². The van der Waals surface area contributed by atoms with Crippen molar-refractivity contribution in [3.63, 3.8) is 0 Å². The summed E-state index contributed by atoms with van der Waals surface area (Å²) >= 11 is 0. The number of halogens is 6. The Kier molecular flexibility index (Phi) is 7.16. The summed E-state index contributed by atoms with van der Waals surface area (Å²) in [6.45, 7) is 1.44. The molecule has 0 N–H and O–H groups in total. The van der Waals surface area contributed by atoms with Crippen LogP contribution in [0, 0.1) is 0 Å². The maximum atomic E-state index is 9.87. The van der Waals surface area contributed by atoms with Gasteiger partial charge in [-0.1, -0.05) is 36.4 Å². The second kappa shape index (κ2) is 9.34. The maximum absolute atomic E-state index is 10.7. The molecule has 4 bridgehead atoms. The van der Waals surface area contributed by atoms with Crippen LogP contribution in [0.4, 0.5) is 25.2 Å². The van der Waals surface area contributed by atoms with Gasteiger partial charge in [-0.3, -0.25) is 9.98 Å². The summed E-state index contributed by atoms with van der Waals surface area (Å²) in [6, 6.07) is 15.7. The van der Waals surface area contributed by atoms with Crippen LogP contribution in [-0.4, -0.2) is 35.5 Å². The van der Waals surface area contributed by atoms with Gasteiger partial charge in [0.15, 0.2) is 0 Å².